The molecule has 1 amide bonds. The Morgan fingerprint density at radius 3 is 2.39 bits per heavy atom. The number of hydrogen-bond donors (Lipinski definition) is 2. The van der Waals surface area contributed by atoms with Crippen LogP contribution in [0.2, 0.25) is 0 Å². The van der Waals surface area contributed by atoms with Gasteiger partial charge in [0.1, 0.15) is 6.04 Å². The predicted molar refractivity (Wildman–Crippen MR) is 74.8 cm³/mol. The van der Waals surface area contributed by atoms with Crippen LogP contribution >= 0.6 is 0 Å². The summed E-state index contributed by atoms with van der Waals surface area (Å²) in [6, 6.07) is 7.86. The topological polar surface area (TPSA) is 58.4 Å². The van der Waals surface area contributed by atoms with Crippen molar-refractivity contribution in [1.29, 1.82) is 0 Å². The van der Waals surface area contributed by atoms with Crippen molar-refractivity contribution in [1.82, 2.24) is 0 Å². The standard InChI is InChI=1S/C14H21N3O/c1-11(14(15)18)16-12-5-7-13(8-6-12)17-9-3-2-4-10-17/h5-8,11,16H,2-4,9-10H2,1H3,(H2,15,18). The molecule has 3 N–H and O–H groups in total. The summed E-state index contributed by atoms with van der Waals surface area (Å²) in [5.41, 5.74) is 7.41. The van der Waals surface area contributed by atoms with Gasteiger partial charge in [0, 0.05) is 24.5 Å². The van der Waals surface area contributed by atoms with Gasteiger partial charge in [0.05, 0.1) is 0 Å². The number of carbonyl (C=O) groups excluding carboxylic acids is 1. The summed E-state index contributed by atoms with van der Waals surface area (Å²) >= 11 is 0. The van der Waals surface area contributed by atoms with Gasteiger partial charge in [-0.05, 0) is 50.5 Å². The predicted octanol–water partition coefficient (Wildman–Crippen LogP) is 1.96. The normalized spacial score (nSPS) is 17.3. The molecule has 1 fully saturated rings. The fourth-order valence-corrected chi connectivity index (χ4v) is 2.24. The van der Waals surface area contributed by atoms with Crippen LogP contribution in [0, 0.1) is 0 Å². The van der Waals surface area contributed by atoms with Gasteiger partial charge in [-0.3, -0.25) is 4.79 Å². The van der Waals surface area contributed by atoms with E-state index in [4.69, 9.17) is 5.73 Å². The summed E-state index contributed by atoms with van der Waals surface area (Å²) in [6.45, 7) is 4.05. The molecular weight excluding hydrogens is 226 g/mol. The Labute approximate surface area is 108 Å². The molecule has 1 unspecified atom stereocenters. The summed E-state index contributed by atoms with van der Waals surface area (Å²) in [5.74, 6) is -0.338. The zero-order valence-electron chi connectivity index (χ0n) is 10.9. The maximum absolute atomic E-state index is 11.0. The molecule has 2 rings (SSSR count). The Kier molecular flexibility index (Phi) is 4.07. The van der Waals surface area contributed by atoms with E-state index in [0.717, 1.165) is 18.8 Å². The highest BCUT2D eigenvalue weighted by Gasteiger charge is 2.11. The second-order valence-corrected chi connectivity index (χ2v) is 4.86. The van der Waals surface area contributed by atoms with E-state index in [9.17, 15) is 4.79 Å². The van der Waals surface area contributed by atoms with Crippen molar-refractivity contribution in [3.8, 4) is 0 Å². The molecule has 4 heteroatoms. The first-order valence-electron chi connectivity index (χ1n) is 6.57. The SMILES string of the molecule is CC(Nc1ccc(N2CCCCC2)cc1)C(N)=O. The number of amides is 1. The number of benzene rings is 1. The third-order valence-corrected chi connectivity index (χ3v) is 3.40. The van der Waals surface area contributed by atoms with Gasteiger partial charge in [-0.1, -0.05) is 0 Å². The third kappa shape index (κ3) is 3.15. The van der Waals surface area contributed by atoms with Gasteiger partial charge >= 0.3 is 0 Å². The average Bonchev–Trinajstić information content (AvgIpc) is 2.40. The van der Waals surface area contributed by atoms with Crippen LogP contribution in [0.3, 0.4) is 0 Å². The number of piperidine rings is 1. The summed E-state index contributed by atoms with van der Waals surface area (Å²) < 4.78 is 0. The number of carbonyl (C=O) groups is 1. The Morgan fingerprint density at radius 1 is 1.22 bits per heavy atom. The van der Waals surface area contributed by atoms with E-state index >= 15 is 0 Å². The largest absolute Gasteiger partial charge is 0.374 e. The van der Waals surface area contributed by atoms with Crippen molar-refractivity contribution < 1.29 is 4.79 Å². The first kappa shape index (κ1) is 12.7. The number of anilines is 2. The smallest absolute Gasteiger partial charge is 0.239 e. The van der Waals surface area contributed by atoms with Gasteiger partial charge in [0.25, 0.3) is 0 Å². The zero-order valence-corrected chi connectivity index (χ0v) is 10.9. The maximum atomic E-state index is 11.0. The fourth-order valence-electron chi connectivity index (χ4n) is 2.24. The third-order valence-electron chi connectivity index (χ3n) is 3.40. The molecule has 1 heterocycles. The van der Waals surface area contributed by atoms with Crippen molar-refractivity contribution in [2.24, 2.45) is 5.73 Å². The molecule has 1 aliphatic rings. The van der Waals surface area contributed by atoms with Crippen LogP contribution in [-0.4, -0.2) is 25.0 Å². The molecule has 0 aromatic heterocycles. The van der Waals surface area contributed by atoms with Crippen LogP contribution in [0.1, 0.15) is 26.2 Å². The number of hydrogen-bond acceptors (Lipinski definition) is 3. The van der Waals surface area contributed by atoms with E-state index in [2.05, 4.69) is 22.3 Å². The summed E-state index contributed by atoms with van der Waals surface area (Å²) in [4.78, 5) is 13.4. The van der Waals surface area contributed by atoms with E-state index in [-0.39, 0.29) is 11.9 Å². The monoisotopic (exact) mass is 247 g/mol. The molecule has 4 nitrogen and oxygen atoms in total. The van der Waals surface area contributed by atoms with Crippen LogP contribution in [0.25, 0.3) is 0 Å². The van der Waals surface area contributed by atoms with Crippen molar-refractivity contribution >= 4 is 17.3 Å². The number of nitrogens with two attached hydrogens (primary N) is 1. The summed E-state index contributed by atoms with van der Waals surface area (Å²) in [5, 5.41) is 3.08. The highest BCUT2D eigenvalue weighted by atomic mass is 16.1. The van der Waals surface area contributed by atoms with E-state index in [1.807, 2.05) is 12.1 Å². The Morgan fingerprint density at radius 2 is 1.83 bits per heavy atom. The quantitative estimate of drug-likeness (QED) is 0.855. The molecule has 0 saturated carbocycles. The van der Waals surface area contributed by atoms with Crippen LogP contribution in [-0.2, 0) is 4.79 Å². The highest BCUT2D eigenvalue weighted by Crippen LogP contribution is 2.21. The van der Waals surface area contributed by atoms with Crippen LogP contribution < -0.4 is 16.0 Å². The minimum atomic E-state index is -0.342. The Hall–Kier alpha value is -1.71. The molecule has 0 spiro atoms. The van der Waals surface area contributed by atoms with E-state index in [1.165, 1.54) is 24.9 Å². The van der Waals surface area contributed by atoms with E-state index in [0.29, 0.717) is 0 Å². The average molecular weight is 247 g/mol. The van der Waals surface area contributed by atoms with Crippen molar-refractivity contribution in [3.05, 3.63) is 24.3 Å². The molecule has 1 aromatic carbocycles. The van der Waals surface area contributed by atoms with E-state index in [1.54, 1.807) is 6.92 Å². The Balaban J connectivity index is 1.98. The van der Waals surface area contributed by atoms with Crippen LogP contribution in [0.4, 0.5) is 11.4 Å². The highest BCUT2D eigenvalue weighted by molar-refractivity contribution is 5.82. The molecular formula is C14H21N3O. The molecule has 1 atom stereocenters. The number of primary amides is 1. The van der Waals surface area contributed by atoms with Crippen molar-refractivity contribution in [2.75, 3.05) is 23.3 Å². The fraction of sp³-hybridized carbons (Fsp3) is 0.500. The first-order chi connectivity index (χ1) is 8.66. The summed E-state index contributed by atoms with van der Waals surface area (Å²) in [6.07, 6.45) is 3.89. The number of rotatable bonds is 4. The van der Waals surface area contributed by atoms with Crippen LogP contribution in [0.15, 0.2) is 24.3 Å². The van der Waals surface area contributed by atoms with Gasteiger partial charge in [0.15, 0.2) is 0 Å². The minimum Gasteiger partial charge on any atom is -0.374 e. The molecule has 18 heavy (non-hydrogen) atoms. The van der Waals surface area contributed by atoms with Crippen molar-refractivity contribution in [3.63, 3.8) is 0 Å². The second kappa shape index (κ2) is 5.76. The second-order valence-electron chi connectivity index (χ2n) is 4.86. The molecule has 0 aliphatic carbocycles. The molecule has 1 saturated heterocycles. The van der Waals surface area contributed by atoms with Gasteiger partial charge in [-0.15, -0.1) is 0 Å². The van der Waals surface area contributed by atoms with Gasteiger partial charge in [-0.2, -0.15) is 0 Å². The van der Waals surface area contributed by atoms with Gasteiger partial charge < -0.3 is 16.0 Å². The minimum absolute atomic E-state index is 0.338. The molecule has 1 aromatic rings. The van der Waals surface area contributed by atoms with Crippen molar-refractivity contribution in [2.45, 2.75) is 32.2 Å². The van der Waals surface area contributed by atoms with Gasteiger partial charge in [-0.25, -0.2) is 0 Å². The summed E-state index contributed by atoms with van der Waals surface area (Å²) in [7, 11) is 0. The molecule has 0 bridgehead atoms. The Bertz CT molecular complexity index is 396. The number of nitrogens with one attached hydrogen (secondary N) is 1. The van der Waals surface area contributed by atoms with E-state index < -0.39 is 0 Å². The lowest BCUT2D eigenvalue weighted by Crippen LogP contribution is -2.32. The molecule has 1 aliphatic heterocycles. The lowest BCUT2D eigenvalue weighted by atomic mass is 10.1. The molecule has 98 valence electrons. The lowest BCUT2D eigenvalue weighted by Gasteiger charge is -2.29. The van der Waals surface area contributed by atoms with Crippen LogP contribution in [0.5, 0.6) is 0 Å². The number of nitrogens with zero attached hydrogens (tertiary/aromatic N) is 1. The maximum Gasteiger partial charge on any atom is 0.239 e. The van der Waals surface area contributed by atoms with Gasteiger partial charge in [0.2, 0.25) is 5.91 Å². The zero-order chi connectivity index (χ0) is 13.0. The first-order valence-corrected chi connectivity index (χ1v) is 6.57. The lowest BCUT2D eigenvalue weighted by molar-refractivity contribution is -0.118. The molecule has 0 radical (unpaired) electrons.